The molecule has 0 aliphatic heterocycles. The maximum atomic E-state index is 12.2. The van der Waals surface area contributed by atoms with Gasteiger partial charge in [0.15, 0.2) is 0 Å². The minimum Gasteiger partial charge on any atom is -0.462 e. The summed E-state index contributed by atoms with van der Waals surface area (Å²) >= 11 is 0. The first-order chi connectivity index (χ1) is 11.2. The molecule has 0 fully saturated rings. The number of carbonyl (C=O) groups is 1. The first-order valence-electron chi connectivity index (χ1n) is 7.14. The molecule has 3 rings (SSSR count). The molecule has 0 unspecified atom stereocenters. The van der Waals surface area contributed by atoms with Gasteiger partial charge in [0, 0.05) is 11.8 Å². The van der Waals surface area contributed by atoms with E-state index < -0.39 is 5.91 Å². The minimum absolute atomic E-state index is 0.00694. The number of amides is 1. The molecular weight excluding hydrogens is 288 g/mol. The lowest BCUT2D eigenvalue weighted by molar-refractivity contribution is -0.112. The van der Waals surface area contributed by atoms with Crippen LogP contribution >= 0.6 is 0 Å². The summed E-state index contributed by atoms with van der Waals surface area (Å²) in [5.74, 6) is 0.744. The Morgan fingerprint density at radius 2 is 1.91 bits per heavy atom. The molecule has 1 N–H and O–H groups in total. The molecule has 4 nitrogen and oxygen atoms in total. The number of nitrogens with zero attached hydrogens (tertiary/aromatic N) is 1. The number of carbonyl (C=O) groups excluding carboxylic acids is 1. The molecule has 0 aliphatic carbocycles. The van der Waals surface area contributed by atoms with E-state index in [4.69, 9.17) is 4.42 Å². The number of furan rings is 1. The van der Waals surface area contributed by atoms with Crippen LogP contribution in [0, 0.1) is 18.3 Å². The standard InChI is InChI=1S/C19H14N2O2/c1-13-6-9-18(23-13)11-16(12-20)19(22)21-17-8-7-14-4-2-3-5-15(14)10-17/h2-11H,1H3,(H,21,22)/b16-11-. The highest BCUT2D eigenvalue weighted by Gasteiger charge is 2.11. The van der Waals surface area contributed by atoms with E-state index in [-0.39, 0.29) is 5.57 Å². The van der Waals surface area contributed by atoms with Crippen molar-refractivity contribution >= 4 is 28.4 Å². The van der Waals surface area contributed by atoms with Gasteiger partial charge in [-0.2, -0.15) is 5.26 Å². The molecule has 1 aromatic heterocycles. The van der Waals surface area contributed by atoms with Gasteiger partial charge in [-0.3, -0.25) is 4.79 Å². The third-order valence-corrected chi connectivity index (χ3v) is 3.42. The summed E-state index contributed by atoms with van der Waals surface area (Å²) in [6.07, 6.45) is 1.43. The van der Waals surface area contributed by atoms with Crippen molar-refractivity contribution in [2.75, 3.05) is 5.32 Å². The first-order valence-corrected chi connectivity index (χ1v) is 7.14. The van der Waals surface area contributed by atoms with Gasteiger partial charge < -0.3 is 9.73 Å². The summed E-state index contributed by atoms with van der Waals surface area (Å²) in [6, 6.07) is 18.9. The predicted molar refractivity (Wildman–Crippen MR) is 89.6 cm³/mol. The van der Waals surface area contributed by atoms with Crippen LogP contribution in [0.2, 0.25) is 0 Å². The number of fused-ring (bicyclic) bond motifs is 1. The Hall–Kier alpha value is -3.32. The predicted octanol–water partition coefficient (Wildman–Crippen LogP) is 4.29. The number of hydrogen-bond donors (Lipinski definition) is 1. The van der Waals surface area contributed by atoms with Crippen molar-refractivity contribution in [2.45, 2.75) is 6.92 Å². The molecule has 0 aliphatic rings. The minimum atomic E-state index is -0.461. The Kier molecular flexibility index (Phi) is 3.94. The van der Waals surface area contributed by atoms with Crippen LogP contribution < -0.4 is 5.32 Å². The highest BCUT2D eigenvalue weighted by molar-refractivity contribution is 6.10. The highest BCUT2D eigenvalue weighted by Crippen LogP contribution is 2.19. The monoisotopic (exact) mass is 302 g/mol. The van der Waals surface area contributed by atoms with Crippen LogP contribution in [0.25, 0.3) is 16.8 Å². The summed E-state index contributed by atoms with van der Waals surface area (Å²) in [4.78, 5) is 12.2. The molecule has 4 heteroatoms. The van der Waals surface area contributed by atoms with E-state index in [9.17, 15) is 10.1 Å². The molecule has 0 bridgehead atoms. The van der Waals surface area contributed by atoms with Gasteiger partial charge in [0.25, 0.3) is 5.91 Å². The average Bonchev–Trinajstić information content (AvgIpc) is 2.97. The van der Waals surface area contributed by atoms with E-state index in [0.29, 0.717) is 11.4 Å². The van der Waals surface area contributed by atoms with Crippen molar-refractivity contribution in [3.8, 4) is 6.07 Å². The van der Waals surface area contributed by atoms with E-state index >= 15 is 0 Å². The van der Waals surface area contributed by atoms with Crippen LogP contribution in [0.15, 0.2) is 64.6 Å². The maximum Gasteiger partial charge on any atom is 0.266 e. The molecule has 0 saturated heterocycles. The van der Waals surface area contributed by atoms with E-state index in [0.717, 1.165) is 16.5 Å². The fourth-order valence-corrected chi connectivity index (χ4v) is 2.29. The van der Waals surface area contributed by atoms with Crippen molar-refractivity contribution in [3.05, 3.63) is 71.7 Å². The highest BCUT2D eigenvalue weighted by atomic mass is 16.3. The van der Waals surface area contributed by atoms with E-state index in [1.54, 1.807) is 19.1 Å². The number of nitriles is 1. The Balaban J connectivity index is 1.83. The molecular formula is C19H14N2O2. The first kappa shape index (κ1) is 14.6. The summed E-state index contributed by atoms with van der Waals surface area (Å²) in [5, 5.41) is 14.0. The molecule has 112 valence electrons. The maximum absolute atomic E-state index is 12.2. The normalized spacial score (nSPS) is 11.2. The lowest BCUT2D eigenvalue weighted by Crippen LogP contribution is -2.13. The lowest BCUT2D eigenvalue weighted by Gasteiger charge is -2.05. The van der Waals surface area contributed by atoms with Crippen LogP contribution in [-0.4, -0.2) is 5.91 Å². The summed E-state index contributed by atoms with van der Waals surface area (Å²) in [5.41, 5.74) is 0.637. The summed E-state index contributed by atoms with van der Waals surface area (Å²) in [6.45, 7) is 1.80. The fourth-order valence-electron chi connectivity index (χ4n) is 2.29. The molecule has 0 saturated carbocycles. The average molecular weight is 302 g/mol. The quantitative estimate of drug-likeness (QED) is 0.580. The lowest BCUT2D eigenvalue weighted by atomic mass is 10.1. The Labute approximate surface area is 133 Å². The van der Waals surface area contributed by atoms with E-state index in [2.05, 4.69) is 5.32 Å². The van der Waals surface area contributed by atoms with Gasteiger partial charge in [-0.05, 0) is 42.0 Å². The number of benzene rings is 2. The van der Waals surface area contributed by atoms with Crippen molar-refractivity contribution in [1.82, 2.24) is 0 Å². The van der Waals surface area contributed by atoms with Crippen LogP contribution in [0.3, 0.4) is 0 Å². The molecule has 1 amide bonds. The number of hydrogen-bond acceptors (Lipinski definition) is 3. The molecule has 3 aromatic rings. The molecule has 0 radical (unpaired) electrons. The third-order valence-electron chi connectivity index (χ3n) is 3.42. The third kappa shape index (κ3) is 3.30. The van der Waals surface area contributed by atoms with Gasteiger partial charge in [0.1, 0.15) is 23.2 Å². The molecule has 0 spiro atoms. The van der Waals surface area contributed by atoms with Crippen LogP contribution in [0.5, 0.6) is 0 Å². The Bertz CT molecular complexity index is 945. The fraction of sp³-hybridized carbons (Fsp3) is 0.0526. The van der Waals surface area contributed by atoms with E-state index in [1.807, 2.05) is 48.5 Å². The van der Waals surface area contributed by atoms with Crippen molar-refractivity contribution in [3.63, 3.8) is 0 Å². The largest absolute Gasteiger partial charge is 0.462 e. The second kappa shape index (κ2) is 6.20. The number of anilines is 1. The summed E-state index contributed by atoms with van der Waals surface area (Å²) in [7, 11) is 0. The zero-order valence-corrected chi connectivity index (χ0v) is 12.5. The van der Waals surface area contributed by atoms with Gasteiger partial charge in [-0.1, -0.05) is 30.3 Å². The summed E-state index contributed by atoms with van der Waals surface area (Å²) < 4.78 is 5.37. The van der Waals surface area contributed by atoms with Crippen molar-refractivity contribution in [1.29, 1.82) is 5.26 Å². The zero-order chi connectivity index (χ0) is 16.2. The number of nitrogens with one attached hydrogen (secondary N) is 1. The number of aryl methyl sites for hydroxylation is 1. The molecule has 2 aromatic carbocycles. The second-order valence-electron chi connectivity index (χ2n) is 5.13. The number of rotatable bonds is 3. The van der Waals surface area contributed by atoms with Gasteiger partial charge in [0.05, 0.1) is 0 Å². The van der Waals surface area contributed by atoms with Gasteiger partial charge in [0.2, 0.25) is 0 Å². The van der Waals surface area contributed by atoms with Gasteiger partial charge in [-0.25, -0.2) is 0 Å². The van der Waals surface area contributed by atoms with Crippen molar-refractivity contribution < 1.29 is 9.21 Å². The van der Waals surface area contributed by atoms with Crippen LogP contribution in [-0.2, 0) is 4.79 Å². The Morgan fingerprint density at radius 1 is 1.13 bits per heavy atom. The SMILES string of the molecule is Cc1ccc(/C=C(/C#N)C(=O)Nc2ccc3ccccc3c2)o1. The van der Waals surface area contributed by atoms with Gasteiger partial charge >= 0.3 is 0 Å². The van der Waals surface area contributed by atoms with Gasteiger partial charge in [-0.15, -0.1) is 0 Å². The smallest absolute Gasteiger partial charge is 0.266 e. The second-order valence-corrected chi connectivity index (χ2v) is 5.13. The van der Waals surface area contributed by atoms with E-state index in [1.165, 1.54) is 6.08 Å². The van der Waals surface area contributed by atoms with Crippen molar-refractivity contribution in [2.24, 2.45) is 0 Å². The van der Waals surface area contributed by atoms with Crippen LogP contribution in [0.4, 0.5) is 5.69 Å². The van der Waals surface area contributed by atoms with Crippen LogP contribution in [0.1, 0.15) is 11.5 Å². The molecule has 23 heavy (non-hydrogen) atoms. The zero-order valence-electron chi connectivity index (χ0n) is 12.5. The Morgan fingerprint density at radius 3 is 2.61 bits per heavy atom. The topological polar surface area (TPSA) is 66.0 Å². The molecule has 1 heterocycles. The molecule has 0 atom stereocenters.